The average Bonchev–Trinajstić information content (AvgIpc) is 3.42. The van der Waals surface area contributed by atoms with Crippen molar-refractivity contribution < 1.29 is 0 Å². The van der Waals surface area contributed by atoms with Gasteiger partial charge in [0.2, 0.25) is 5.95 Å². The minimum absolute atomic E-state index is 0.295. The molecule has 6 heteroatoms. The Morgan fingerprint density at radius 2 is 1.81 bits per heavy atom. The Labute approximate surface area is 159 Å². The third-order valence-corrected chi connectivity index (χ3v) is 6.17. The first kappa shape index (κ1) is 16.4. The Bertz CT molecular complexity index is 893. The van der Waals surface area contributed by atoms with Crippen LogP contribution in [0.3, 0.4) is 0 Å². The van der Waals surface area contributed by atoms with Crippen LogP contribution in [0.15, 0.2) is 60.7 Å². The number of aromatic nitrogens is 4. The van der Waals surface area contributed by atoms with Crippen LogP contribution in [0.1, 0.15) is 12.0 Å². The minimum atomic E-state index is 0.295. The van der Waals surface area contributed by atoms with Crippen molar-refractivity contribution in [3.05, 3.63) is 66.2 Å². The molecule has 1 N–H and O–H groups in total. The number of nitrogens with one attached hydrogen (secondary N) is 1. The fourth-order valence-electron chi connectivity index (χ4n) is 4.69. The standard InChI is InChI=1S/C21H24N6/c1-3-7-17(8-4-1)11-12-21-15-22-13-18(21)14-26(16-21)20-23-24-25-27(20)19-9-5-2-6-10-19/h1-10,18,22H,11-16H2. The van der Waals surface area contributed by atoms with E-state index in [4.69, 9.17) is 0 Å². The topological polar surface area (TPSA) is 58.9 Å². The molecule has 0 radical (unpaired) electrons. The molecule has 2 atom stereocenters. The van der Waals surface area contributed by atoms with Crippen LogP contribution in [0.4, 0.5) is 5.95 Å². The fourth-order valence-corrected chi connectivity index (χ4v) is 4.69. The van der Waals surface area contributed by atoms with Crippen LogP contribution in [0.25, 0.3) is 5.69 Å². The van der Waals surface area contributed by atoms with E-state index in [1.807, 2.05) is 35.0 Å². The fraction of sp³-hybridized carbons (Fsp3) is 0.381. The number of anilines is 1. The molecule has 2 aliphatic heterocycles. The predicted octanol–water partition coefficient (Wildman–Crippen LogP) is 2.32. The number of tetrazole rings is 1. The first-order valence-corrected chi connectivity index (χ1v) is 9.67. The number of aryl methyl sites for hydroxylation is 1. The zero-order chi connectivity index (χ0) is 18.1. The highest BCUT2D eigenvalue weighted by molar-refractivity contribution is 5.42. The molecule has 0 aliphatic carbocycles. The van der Waals surface area contributed by atoms with E-state index in [1.165, 1.54) is 12.0 Å². The van der Waals surface area contributed by atoms with Gasteiger partial charge in [0.25, 0.3) is 0 Å². The van der Waals surface area contributed by atoms with Crippen molar-refractivity contribution >= 4 is 5.95 Å². The minimum Gasteiger partial charge on any atom is -0.338 e. The molecule has 0 amide bonds. The van der Waals surface area contributed by atoms with Crippen LogP contribution in [-0.4, -0.2) is 46.4 Å². The first-order chi connectivity index (χ1) is 13.3. The van der Waals surface area contributed by atoms with Gasteiger partial charge in [0.15, 0.2) is 0 Å². The normalized spacial score (nSPS) is 24.3. The largest absolute Gasteiger partial charge is 0.338 e. The van der Waals surface area contributed by atoms with Crippen LogP contribution < -0.4 is 10.2 Å². The third-order valence-electron chi connectivity index (χ3n) is 6.17. The number of benzene rings is 2. The van der Waals surface area contributed by atoms with Crippen molar-refractivity contribution in [2.24, 2.45) is 11.3 Å². The maximum Gasteiger partial charge on any atom is 0.250 e. The number of para-hydroxylation sites is 1. The highest BCUT2D eigenvalue weighted by atomic mass is 15.6. The van der Waals surface area contributed by atoms with E-state index in [0.29, 0.717) is 11.3 Å². The van der Waals surface area contributed by atoms with E-state index in [2.05, 4.69) is 56.1 Å². The molecular formula is C21H24N6. The summed E-state index contributed by atoms with van der Waals surface area (Å²) in [5, 5.41) is 16.2. The molecule has 2 unspecified atom stereocenters. The molecule has 138 valence electrons. The van der Waals surface area contributed by atoms with Crippen molar-refractivity contribution in [2.75, 3.05) is 31.1 Å². The SMILES string of the molecule is c1ccc(CCC23CNCC2CN(c2nnnn2-c2ccccc2)C3)cc1. The zero-order valence-corrected chi connectivity index (χ0v) is 15.3. The Kier molecular flexibility index (Phi) is 4.13. The van der Waals surface area contributed by atoms with Crippen LogP contribution in [0.5, 0.6) is 0 Å². The zero-order valence-electron chi connectivity index (χ0n) is 15.3. The van der Waals surface area contributed by atoms with Crippen molar-refractivity contribution in [1.29, 1.82) is 0 Å². The maximum absolute atomic E-state index is 4.36. The third kappa shape index (κ3) is 3.00. The summed E-state index contributed by atoms with van der Waals surface area (Å²) in [6, 6.07) is 21.0. The van der Waals surface area contributed by atoms with Gasteiger partial charge in [0.05, 0.1) is 5.69 Å². The van der Waals surface area contributed by atoms with Crippen LogP contribution >= 0.6 is 0 Å². The van der Waals surface area contributed by atoms with Gasteiger partial charge >= 0.3 is 0 Å². The summed E-state index contributed by atoms with van der Waals surface area (Å²) in [5.74, 6) is 1.50. The molecule has 2 saturated heterocycles. The van der Waals surface area contributed by atoms with E-state index >= 15 is 0 Å². The molecule has 2 fully saturated rings. The Morgan fingerprint density at radius 1 is 1.04 bits per heavy atom. The number of fused-ring (bicyclic) bond motifs is 1. The lowest BCUT2D eigenvalue weighted by molar-refractivity contribution is 0.275. The van der Waals surface area contributed by atoms with Crippen molar-refractivity contribution in [3.8, 4) is 5.69 Å². The highest BCUT2D eigenvalue weighted by Gasteiger charge is 2.50. The molecule has 0 bridgehead atoms. The monoisotopic (exact) mass is 360 g/mol. The quantitative estimate of drug-likeness (QED) is 0.757. The molecule has 3 aromatic rings. The molecule has 0 saturated carbocycles. The van der Waals surface area contributed by atoms with Gasteiger partial charge in [0.1, 0.15) is 0 Å². The van der Waals surface area contributed by atoms with E-state index in [9.17, 15) is 0 Å². The summed E-state index contributed by atoms with van der Waals surface area (Å²) < 4.78 is 1.86. The molecule has 3 heterocycles. The van der Waals surface area contributed by atoms with E-state index in [-0.39, 0.29) is 0 Å². The van der Waals surface area contributed by atoms with Gasteiger partial charge in [-0.25, -0.2) is 0 Å². The first-order valence-electron chi connectivity index (χ1n) is 9.67. The summed E-state index contributed by atoms with van der Waals surface area (Å²) >= 11 is 0. The van der Waals surface area contributed by atoms with Gasteiger partial charge in [-0.2, -0.15) is 4.68 Å². The summed E-state index contributed by atoms with van der Waals surface area (Å²) in [6.07, 6.45) is 2.31. The maximum atomic E-state index is 4.36. The number of hydrogen-bond donors (Lipinski definition) is 1. The van der Waals surface area contributed by atoms with Gasteiger partial charge in [-0.05, 0) is 46.9 Å². The van der Waals surface area contributed by atoms with Crippen molar-refractivity contribution in [1.82, 2.24) is 25.5 Å². The second-order valence-corrected chi connectivity index (χ2v) is 7.78. The highest BCUT2D eigenvalue weighted by Crippen LogP contribution is 2.43. The lowest BCUT2D eigenvalue weighted by Crippen LogP contribution is -2.34. The van der Waals surface area contributed by atoms with E-state index < -0.39 is 0 Å². The van der Waals surface area contributed by atoms with Crippen molar-refractivity contribution in [3.63, 3.8) is 0 Å². The van der Waals surface area contributed by atoms with Crippen LogP contribution in [-0.2, 0) is 6.42 Å². The summed E-state index contributed by atoms with van der Waals surface area (Å²) in [5.41, 5.74) is 2.72. The Hall–Kier alpha value is -2.73. The number of hydrogen-bond acceptors (Lipinski definition) is 5. The lowest BCUT2D eigenvalue weighted by atomic mass is 9.76. The number of rotatable bonds is 5. The second-order valence-electron chi connectivity index (χ2n) is 7.78. The molecule has 0 spiro atoms. The molecule has 5 rings (SSSR count). The van der Waals surface area contributed by atoms with Crippen molar-refractivity contribution in [2.45, 2.75) is 12.8 Å². The summed E-state index contributed by atoms with van der Waals surface area (Å²) in [6.45, 7) is 4.17. The Balaban J connectivity index is 1.38. The average molecular weight is 360 g/mol. The molecule has 2 aromatic carbocycles. The van der Waals surface area contributed by atoms with Gasteiger partial charge < -0.3 is 10.2 Å². The lowest BCUT2D eigenvalue weighted by Gasteiger charge is -2.28. The van der Waals surface area contributed by atoms with Crippen LogP contribution in [0.2, 0.25) is 0 Å². The van der Waals surface area contributed by atoms with Gasteiger partial charge in [-0.15, -0.1) is 0 Å². The molecule has 6 nitrogen and oxygen atoms in total. The second kappa shape index (κ2) is 6.78. The molecular weight excluding hydrogens is 336 g/mol. The van der Waals surface area contributed by atoms with E-state index in [0.717, 1.165) is 44.2 Å². The Morgan fingerprint density at radius 3 is 2.63 bits per heavy atom. The van der Waals surface area contributed by atoms with Gasteiger partial charge in [-0.1, -0.05) is 53.6 Å². The smallest absolute Gasteiger partial charge is 0.250 e. The van der Waals surface area contributed by atoms with Gasteiger partial charge in [-0.3, -0.25) is 0 Å². The number of nitrogens with zero attached hydrogens (tertiary/aromatic N) is 5. The predicted molar refractivity (Wildman–Crippen MR) is 105 cm³/mol. The van der Waals surface area contributed by atoms with Crippen LogP contribution in [0, 0.1) is 11.3 Å². The molecule has 27 heavy (non-hydrogen) atoms. The molecule has 1 aromatic heterocycles. The summed E-state index contributed by atoms with van der Waals surface area (Å²) in [4.78, 5) is 2.38. The summed E-state index contributed by atoms with van der Waals surface area (Å²) in [7, 11) is 0. The van der Waals surface area contributed by atoms with E-state index in [1.54, 1.807) is 0 Å². The van der Waals surface area contributed by atoms with Gasteiger partial charge in [0, 0.05) is 31.6 Å². The molecule has 2 aliphatic rings.